The van der Waals surface area contributed by atoms with E-state index < -0.39 is 6.09 Å². The highest BCUT2D eigenvalue weighted by Crippen LogP contribution is 2.19. The van der Waals surface area contributed by atoms with Gasteiger partial charge in [0.1, 0.15) is 6.54 Å². The molecule has 18 heavy (non-hydrogen) atoms. The SMILES string of the molecule is CCOC(=O)NCC(=O)Nc1cc(Cl)ccc1C. The maximum atomic E-state index is 11.6. The van der Waals surface area contributed by atoms with Crippen LogP contribution in [0.4, 0.5) is 10.5 Å². The third kappa shape index (κ3) is 4.63. The normalized spacial score (nSPS) is 9.72. The van der Waals surface area contributed by atoms with Crippen LogP contribution in [0.25, 0.3) is 0 Å². The second-order valence-electron chi connectivity index (χ2n) is 3.58. The number of alkyl carbamates (subject to hydrolysis) is 1. The summed E-state index contributed by atoms with van der Waals surface area (Å²) in [5.74, 6) is -0.339. The Labute approximate surface area is 110 Å². The van der Waals surface area contributed by atoms with Crippen LogP contribution in [-0.4, -0.2) is 25.2 Å². The Morgan fingerprint density at radius 2 is 2.11 bits per heavy atom. The zero-order valence-electron chi connectivity index (χ0n) is 10.2. The fraction of sp³-hybridized carbons (Fsp3) is 0.333. The fourth-order valence-corrected chi connectivity index (χ4v) is 1.43. The van der Waals surface area contributed by atoms with Crippen LogP contribution in [0.1, 0.15) is 12.5 Å². The lowest BCUT2D eigenvalue weighted by molar-refractivity contribution is -0.115. The molecular weight excluding hydrogens is 256 g/mol. The Morgan fingerprint density at radius 1 is 1.39 bits per heavy atom. The van der Waals surface area contributed by atoms with Crippen molar-refractivity contribution in [1.29, 1.82) is 0 Å². The van der Waals surface area contributed by atoms with Gasteiger partial charge in [0.2, 0.25) is 5.91 Å². The molecule has 0 unspecified atom stereocenters. The zero-order valence-corrected chi connectivity index (χ0v) is 11.0. The van der Waals surface area contributed by atoms with Gasteiger partial charge in [-0.05, 0) is 31.5 Å². The van der Waals surface area contributed by atoms with E-state index in [0.29, 0.717) is 10.7 Å². The molecule has 5 nitrogen and oxygen atoms in total. The van der Waals surface area contributed by atoms with Gasteiger partial charge in [-0.2, -0.15) is 0 Å². The molecular formula is C12H15ClN2O3. The molecule has 0 bridgehead atoms. The van der Waals surface area contributed by atoms with Gasteiger partial charge in [0.25, 0.3) is 0 Å². The van der Waals surface area contributed by atoms with Crippen molar-refractivity contribution in [2.24, 2.45) is 0 Å². The van der Waals surface area contributed by atoms with Crippen LogP contribution >= 0.6 is 11.6 Å². The van der Waals surface area contributed by atoms with Crippen LogP contribution in [0.5, 0.6) is 0 Å². The van der Waals surface area contributed by atoms with Crippen LogP contribution in [-0.2, 0) is 9.53 Å². The number of anilines is 1. The number of carbonyl (C=O) groups is 2. The highest BCUT2D eigenvalue weighted by molar-refractivity contribution is 6.31. The molecule has 0 saturated carbocycles. The van der Waals surface area contributed by atoms with Crippen LogP contribution in [0.3, 0.4) is 0 Å². The molecule has 0 aliphatic rings. The maximum absolute atomic E-state index is 11.6. The number of nitrogens with one attached hydrogen (secondary N) is 2. The Hall–Kier alpha value is -1.75. The Kier molecular flexibility index (Phi) is 5.45. The van der Waals surface area contributed by atoms with E-state index >= 15 is 0 Å². The summed E-state index contributed by atoms with van der Waals surface area (Å²) in [5.41, 5.74) is 1.52. The number of ether oxygens (including phenoxy) is 1. The summed E-state index contributed by atoms with van der Waals surface area (Å²) in [6.45, 7) is 3.66. The molecule has 1 rings (SSSR count). The van der Waals surface area contributed by atoms with E-state index in [1.807, 2.05) is 6.92 Å². The molecule has 0 aromatic heterocycles. The van der Waals surface area contributed by atoms with Gasteiger partial charge < -0.3 is 15.4 Å². The maximum Gasteiger partial charge on any atom is 0.407 e. The summed E-state index contributed by atoms with van der Waals surface area (Å²) < 4.78 is 4.63. The van der Waals surface area contributed by atoms with Crippen LogP contribution < -0.4 is 10.6 Å². The van der Waals surface area contributed by atoms with Gasteiger partial charge in [0, 0.05) is 10.7 Å². The van der Waals surface area contributed by atoms with Gasteiger partial charge in [0.05, 0.1) is 6.61 Å². The van der Waals surface area contributed by atoms with Crippen LogP contribution in [0, 0.1) is 6.92 Å². The van der Waals surface area contributed by atoms with Gasteiger partial charge in [-0.3, -0.25) is 4.79 Å². The van der Waals surface area contributed by atoms with Crippen molar-refractivity contribution in [3.05, 3.63) is 28.8 Å². The van der Waals surface area contributed by atoms with Crippen molar-refractivity contribution in [3.8, 4) is 0 Å². The largest absolute Gasteiger partial charge is 0.450 e. The van der Waals surface area contributed by atoms with Crippen molar-refractivity contribution < 1.29 is 14.3 Å². The van der Waals surface area contributed by atoms with E-state index in [-0.39, 0.29) is 19.1 Å². The topological polar surface area (TPSA) is 67.4 Å². The van der Waals surface area contributed by atoms with E-state index in [1.165, 1.54) is 0 Å². The summed E-state index contributed by atoms with van der Waals surface area (Å²) in [4.78, 5) is 22.5. The first-order valence-electron chi connectivity index (χ1n) is 5.49. The van der Waals surface area contributed by atoms with Gasteiger partial charge in [0.15, 0.2) is 0 Å². The summed E-state index contributed by atoms with van der Waals surface area (Å²) in [7, 11) is 0. The average Bonchev–Trinajstić information content (AvgIpc) is 2.32. The van der Waals surface area contributed by atoms with Crippen molar-refractivity contribution >= 4 is 29.3 Å². The monoisotopic (exact) mass is 270 g/mol. The number of amides is 2. The molecule has 0 radical (unpaired) electrons. The lowest BCUT2D eigenvalue weighted by atomic mass is 10.2. The third-order valence-corrected chi connectivity index (χ3v) is 2.38. The van der Waals surface area contributed by atoms with Crippen molar-refractivity contribution in [2.75, 3.05) is 18.5 Å². The van der Waals surface area contributed by atoms with E-state index in [0.717, 1.165) is 5.56 Å². The molecule has 2 amide bonds. The Bertz CT molecular complexity index is 449. The first-order valence-corrected chi connectivity index (χ1v) is 5.87. The average molecular weight is 271 g/mol. The molecule has 6 heteroatoms. The predicted molar refractivity (Wildman–Crippen MR) is 69.8 cm³/mol. The number of rotatable bonds is 4. The summed E-state index contributed by atoms with van der Waals surface area (Å²) in [6, 6.07) is 5.19. The molecule has 98 valence electrons. The van der Waals surface area contributed by atoms with E-state index in [9.17, 15) is 9.59 Å². The van der Waals surface area contributed by atoms with E-state index in [4.69, 9.17) is 11.6 Å². The van der Waals surface area contributed by atoms with Gasteiger partial charge in [-0.25, -0.2) is 4.79 Å². The molecule has 2 N–H and O–H groups in total. The minimum Gasteiger partial charge on any atom is -0.450 e. The predicted octanol–water partition coefficient (Wildman–Crippen LogP) is 2.33. The summed E-state index contributed by atoms with van der Waals surface area (Å²) >= 11 is 5.83. The van der Waals surface area contributed by atoms with Crippen molar-refractivity contribution in [3.63, 3.8) is 0 Å². The minimum absolute atomic E-state index is 0.148. The summed E-state index contributed by atoms with van der Waals surface area (Å²) in [6.07, 6.45) is -0.615. The number of hydrogen-bond acceptors (Lipinski definition) is 3. The van der Waals surface area contributed by atoms with Gasteiger partial charge >= 0.3 is 6.09 Å². The highest BCUT2D eigenvalue weighted by Gasteiger charge is 2.07. The Balaban J connectivity index is 2.49. The number of hydrogen-bond donors (Lipinski definition) is 2. The second kappa shape index (κ2) is 6.86. The lowest BCUT2D eigenvalue weighted by Gasteiger charge is -2.09. The number of carbonyl (C=O) groups excluding carboxylic acids is 2. The molecule has 0 spiro atoms. The standard InChI is InChI=1S/C12H15ClN2O3/c1-3-18-12(17)14-7-11(16)15-10-6-9(13)5-4-8(10)2/h4-6H,3,7H2,1-2H3,(H,14,17)(H,15,16). The molecule has 0 fully saturated rings. The second-order valence-corrected chi connectivity index (χ2v) is 4.02. The first-order chi connectivity index (χ1) is 8.52. The van der Waals surface area contributed by atoms with Crippen molar-refractivity contribution in [2.45, 2.75) is 13.8 Å². The zero-order chi connectivity index (χ0) is 13.5. The molecule has 0 aliphatic carbocycles. The highest BCUT2D eigenvalue weighted by atomic mass is 35.5. The Morgan fingerprint density at radius 3 is 2.78 bits per heavy atom. The molecule has 0 heterocycles. The van der Waals surface area contributed by atoms with E-state index in [1.54, 1.807) is 25.1 Å². The van der Waals surface area contributed by atoms with E-state index in [2.05, 4.69) is 15.4 Å². The lowest BCUT2D eigenvalue weighted by Crippen LogP contribution is -2.33. The minimum atomic E-state index is -0.615. The quantitative estimate of drug-likeness (QED) is 0.882. The number of benzene rings is 1. The molecule has 0 atom stereocenters. The fourth-order valence-electron chi connectivity index (χ4n) is 1.26. The van der Waals surface area contributed by atoms with Gasteiger partial charge in [-0.1, -0.05) is 17.7 Å². The molecule has 1 aromatic rings. The first kappa shape index (κ1) is 14.3. The number of aryl methyl sites for hydroxylation is 1. The van der Waals surface area contributed by atoms with Crippen molar-refractivity contribution in [1.82, 2.24) is 5.32 Å². The van der Waals surface area contributed by atoms with Gasteiger partial charge in [-0.15, -0.1) is 0 Å². The molecule has 0 aliphatic heterocycles. The summed E-state index contributed by atoms with van der Waals surface area (Å²) in [5, 5.41) is 5.52. The van der Waals surface area contributed by atoms with Crippen LogP contribution in [0.15, 0.2) is 18.2 Å². The van der Waals surface area contributed by atoms with Crippen LogP contribution in [0.2, 0.25) is 5.02 Å². The number of halogens is 1. The smallest absolute Gasteiger partial charge is 0.407 e. The molecule has 1 aromatic carbocycles. The third-order valence-electron chi connectivity index (χ3n) is 2.14. The molecule has 0 saturated heterocycles.